The lowest BCUT2D eigenvalue weighted by Gasteiger charge is -2.16. The van der Waals surface area contributed by atoms with Crippen LogP contribution in [0.5, 0.6) is 11.5 Å². The molecule has 2 aliphatic rings. The van der Waals surface area contributed by atoms with Crippen LogP contribution < -0.4 is 14.8 Å². The molecule has 27 heavy (non-hydrogen) atoms. The van der Waals surface area contributed by atoms with Crippen LogP contribution in [0.4, 0.5) is 5.69 Å². The molecule has 7 heteroatoms. The zero-order chi connectivity index (χ0) is 19.6. The summed E-state index contributed by atoms with van der Waals surface area (Å²) in [5.74, 6) is -0.0255. The molecular formula is C20H24N2O5. The molecule has 0 bridgehead atoms. The van der Waals surface area contributed by atoms with Crippen molar-refractivity contribution in [1.82, 2.24) is 4.90 Å². The van der Waals surface area contributed by atoms with Crippen LogP contribution in [-0.2, 0) is 14.4 Å². The van der Waals surface area contributed by atoms with Crippen molar-refractivity contribution in [3.05, 3.63) is 29.8 Å². The average Bonchev–Trinajstić information content (AvgIpc) is 2.92. The van der Waals surface area contributed by atoms with E-state index in [1.54, 1.807) is 19.2 Å². The molecule has 1 heterocycles. The summed E-state index contributed by atoms with van der Waals surface area (Å²) >= 11 is 0. The van der Waals surface area contributed by atoms with E-state index in [0.29, 0.717) is 30.0 Å². The third-order valence-corrected chi connectivity index (χ3v) is 5.17. The van der Waals surface area contributed by atoms with Crippen LogP contribution in [0.1, 0.15) is 24.8 Å². The minimum atomic E-state index is -0.265. The summed E-state index contributed by atoms with van der Waals surface area (Å²) in [4.78, 5) is 38.5. The third kappa shape index (κ3) is 3.67. The first-order chi connectivity index (χ1) is 13.0. The van der Waals surface area contributed by atoms with Crippen LogP contribution in [0.15, 0.2) is 24.3 Å². The molecule has 144 valence electrons. The number of hydrogen-bond donors (Lipinski definition) is 1. The Morgan fingerprint density at radius 1 is 1.07 bits per heavy atom. The first kappa shape index (κ1) is 18.9. The number of benzene rings is 1. The first-order valence-electron chi connectivity index (χ1n) is 8.99. The molecular weight excluding hydrogens is 348 g/mol. The van der Waals surface area contributed by atoms with Crippen molar-refractivity contribution in [3.63, 3.8) is 0 Å². The molecule has 1 fully saturated rings. The van der Waals surface area contributed by atoms with E-state index in [1.807, 2.05) is 19.1 Å². The van der Waals surface area contributed by atoms with Crippen LogP contribution in [0.25, 0.3) is 0 Å². The van der Waals surface area contributed by atoms with Crippen LogP contribution >= 0.6 is 0 Å². The Morgan fingerprint density at radius 2 is 1.63 bits per heavy atom. The standard InChI is InChI=1S/C20H24N2O5/c1-12-10-16(26-2)17(27-3)11-15(12)21-18(23)8-9-22-19(24)13-6-4-5-7-14(13)20(22)25/h4-5,10-11,13-14H,6-9H2,1-3H3,(H,21,23). The van der Waals surface area contributed by atoms with Gasteiger partial charge in [0, 0.05) is 24.7 Å². The van der Waals surface area contributed by atoms with Crippen molar-refractivity contribution < 1.29 is 23.9 Å². The molecule has 1 aromatic rings. The summed E-state index contributed by atoms with van der Waals surface area (Å²) < 4.78 is 10.5. The van der Waals surface area contributed by atoms with Gasteiger partial charge in [0.2, 0.25) is 17.7 Å². The van der Waals surface area contributed by atoms with E-state index >= 15 is 0 Å². The maximum atomic E-state index is 12.4. The van der Waals surface area contributed by atoms with Crippen LogP contribution in [-0.4, -0.2) is 43.4 Å². The van der Waals surface area contributed by atoms with Gasteiger partial charge in [0.15, 0.2) is 11.5 Å². The number of methoxy groups -OCH3 is 2. The zero-order valence-electron chi connectivity index (χ0n) is 15.8. The predicted molar refractivity (Wildman–Crippen MR) is 99.6 cm³/mol. The van der Waals surface area contributed by atoms with E-state index in [0.717, 1.165) is 5.56 Å². The number of fused-ring (bicyclic) bond motifs is 1. The largest absolute Gasteiger partial charge is 0.493 e. The van der Waals surface area contributed by atoms with Crippen LogP contribution in [0.2, 0.25) is 0 Å². The van der Waals surface area contributed by atoms with E-state index in [4.69, 9.17) is 9.47 Å². The van der Waals surface area contributed by atoms with E-state index in [2.05, 4.69) is 5.32 Å². The van der Waals surface area contributed by atoms with Crippen molar-refractivity contribution in [2.24, 2.45) is 11.8 Å². The molecule has 1 aliphatic carbocycles. The second-order valence-corrected chi connectivity index (χ2v) is 6.80. The van der Waals surface area contributed by atoms with Gasteiger partial charge in [0.1, 0.15) is 0 Å². The molecule has 1 aliphatic heterocycles. The summed E-state index contributed by atoms with van der Waals surface area (Å²) in [6.07, 6.45) is 5.15. The number of rotatable bonds is 6. The normalized spacial score (nSPS) is 21.2. The minimum Gasteiger partial charge on any atom is -0.493 e. The molecule has 1 aromatic carbocycles. The van der Waals surface area contributed by atoms with Crippen molar-refractivity contribution in [2.75, 3.05) is 26.1 Å². The second kappa shape index (κ2) is 7.82. The van der Waals surface area contributed by atoms with Crippen molar-refractivity contribution in [3.8, 4) is 11.5 Å². The molecule has 3 rings (SSSR count). The molecule has 0 radical (unpaired) electrons. The fraction of sp³-hybridized carbons (Fsp3) is 0.450. The molecule has 2 atom stereocenters. The Morgan fingerprint density at radius 3 is 2.19 bits per heavy atom. The highest BCUT2D eigenvalue weighted by Crippen LogP contribution is 2.35. The zero-order valence-corrected chi connectivity index (χ0v) is 15.8. The van der Waals surface area contributed by atoms with Crippen molar-refractivity contribution in [2.45, 2.75) is 26.2 Å². The molecule has 7 nitrogen and oxygen atoms in total. The van der Waals surface area contributed by atoms with E-state index in [-0.39, 0.29) is 42.5 Å². The van der Waals surface area contributed by atoms with Gasteiger partial charge in [-0.3, -0.25) is 19.3 Å². The van der Waals surface area contributed by atoms with E-state index in [9.17, 15) is 14.4 Å². The number of anilines is 1. The van der Waals surface area contributed by atoms with Crippen molar-refractivity contribution in [1.29, 1.82) is 0 Å². The summed E-state index contributed by atoms with van der Waals surface area (Å²) in [7, 11) is 3.07. The Labute approximate surface area is 158 Å². The van der Waals surface area contributed by atoms with Gasteiger partial charge in [-0.05, 0) is 31.4 Å². The molecule has 1 saturated heterocycles. The first-order valence-corrected chi connectivity index (χ1v) is 8.99. The number of aryl methyl sites for hydroxylation is 1. The molecule has 0 spiro atoms. The summed E-state index contributed by atoms with van der Waals surface area (Å²) in [6, 6.07) is 3.47. The smallest absolute Gasteiger partial charge is 0.233 e. The van der Waals surface area contributed by atoms with Gasteiger partial charge in [0.25, 0.3) is 0 Å². The highest BCUT2D eigenvalue weighted by atomic mass is 16.5. The molecule has 2 unspecified atom stereocenters. The fourth-order valence-corrected chi connectivity index (χ4v) is 3.63. The quantitative estimate of drug-likeness (QED) is 0.612. The number of imide groups is 1. The minimum absolute atomic E-state index is 0.0537. The number of carbonyl (C=O) groups excluding carboxylic acids is 3. The summed E-state index contributed by atoms with van der Waals surface area (Å²) in [5.41, 5.74) is 1.43. The number of nitrogens with zero attached hydrogens (tertiary/aromatic N) is 1. The van der Waals surface area contributed by atoms with Crippen molar-refractivity contribution >= 4 is 23.4 Å². The van der Waals surface area contributed by atoms with Gasteiger partial charge in [-0.15, -0.1) is 0 Å². The highest BCUT2D eigenvalue weighted by molar-refractivity contribution is 6.05. The molecule has 0 aromatic heterocycles. The molecule has 1 N–H and O–H groups in total. The van der Waals surface area contributed by atoms with Crippen LogP contribution in [0.3, 0.4) is 0 Å². The van der Waals surface area contributed by atoms with Gasteiger partial charge in [-0.2, -0.15) is 0 Å². The second-order valence-electron chi connectivity index (χ2n) is 6.80. The maximum Gasteiger partial charge on any atom is 0.233 e. The fourth-order valence-electron chi connectivity index (χ4n) is 3.63. The molecule has 3 amide bonds. The SMILES string of the molecule is COc1cc(C)c(NC(=O)CCN2C(=O)C3CC=CCC3C2=O)cc1OC. The maximum absolute atomic E-state index is 12.4. The topological polar surface area (TPSA) is 84.9 Å². The number of allylic oxidation sites excluding steroid dienone is 2. The Bertz CT molecular complexity index is 776. The van der Waals surface area contributed by atoms with Crippen LogP contribution in [0, 0.1) is 18.8 Å². The lowest BCUT2D eigenvalue weighted by molar-refractivity contribution is -0.140. The van der Waals surface area contributed by atoms with Gasteiger partial charge in [-0.25, -0.2) is 0 Å². The Hall–Kier alpha value is -2.83. The van der Waals surface area contributed by atoms with Gasteiger partial charge >= 0.3 is 0 Å². The number of amides is 3. The third-order valence-electron chi connectivity index (χ3n) is 5.17. The number of carbonyl (C=O) groups is 3. The summed E-state index contributed by atoms with van der Waals surface area (Å²) in [5, 5.41) is 2.82. The molecule has 0 saturated carbocycles. The van der Waals surface area contributed by atoms with E-state index < -0.39 is 0 Å². The highest BCUT2D eigenvalue weighted by Gasteiger charge is 2.46. The lowest BCUT2D eigenvalue weighted by atomic mass is 9.85. The predicted octanol–water partition coefficient (Wildman–Crippen LogP) is 2.29. The number of likely N-dealkylation sites (tertiary alicyclic amines) is 1. The van der Waals surface area contributed by atoms with Gasteiger partial charge < -0.3 is 14.8 Å². The van der Waals surface area contributed by atoms with E-state index in [1.165, 1.54) is 12.0 Å². The average molecular weight is 372 g/mol. The lowest BCUT2D eigenvalue weighted by Crippen LogP contribution is -2.34. The Balaban J connectivity index is 1.62. The Kier molecular flexibility index (Phi) is 5.48. The van der Waals surface area contributed by atoms with Gasteiger partial charge in [-0.1, -0.05) is 12.2 Å². The number of hydrogen-bond acceptors (Lipinski definition) is 5. The number of nitrogens with one attached hydrogen (secondary N) is 1. The monoisotopic (exact) mass is 372 g/mol. The summed E-state index contributed by atoms with van der Waals surface area (Å²) in [6.45, 7) is 1.95. The van der Waals surface area contributed by atoms with Gasteiger partial charge in [0.05, 0.1) is 26.1 Å². The number of ether oxygens (including phenoxy) is 2.